The first-order chi connectivity index (χ1) is 13.0. The van der Waals surface area contributed by atoms with E-state index in [1.807, 2.05) is 14.0 Å². The summed E-state index contributed by atoms with van der Waals surface area (Å²) in [5.74, 6) is 1.08. The summed E-state index contributed by atoms with van der Waals surface area (Å²) in [4.78, 5) is 17.2. The number of carbonyl (C=O) groups is 1. The predicted octanol–water partition coefficient (Wildman–Crippen LogP) is 2.16. The van der Waals surface area contributed by atoms with Crippen LogP contribution in [0.4, 0.5) is 0 Å². The van der Waals surface area contributed by atoms with Crippen molar-refractivity contribution in [3.8, 4) is 5.88 Å². The van der Waals surface area contributed by atoms with Gasteiger partial charge >= 0.3 is 0 Å². The Balaban J connectivity index is 1.74. The van der Waals surface area contributed by atoms with Gasteiger partial charge in [-0.05, 0) is 56.7 Å². The molecule has 7 nitrogen and oxygen atoms in total. The van der Waals surface area contributed by atoms with Crippen LogP contribution >= 0.6 is 0 Å². The number of hydrogen-bond acceptors (Lipinski definition) is 5. The van der Waals surface area contributed by atoms with E-state index in [1.165, 1.54) is 12.8 Å². The Morgan fingerprint density at radius 1 is 1.33 bits per heavy atom. The molecule has 2 atom stereocenters. The van der Waals surface area contributed by atoms with Crippen LogP contribution in [0.25, 0.3) is 11.0 Å². The van der Waals surface area contributed by atoms with Gasteiger partial charge in [-0.3, -0.25) is 4.79 Å². The van der Waals surface area contributed by atoms with Gasteiger partial charge in [0.15, 0.2) is 5.65 Å². The van der Waals surface area contributed by atoms with Crippen molar-refractivity contribution in [3.05, 3.63) is 16.8 Å². The lowest BCUT2D eigenvalue weighted by Gasteiger charge is -2.31. The van der Waals surface area contributed by atoms with Gasteiger partial charge in [0.2, 0.25) is 11.8 Å². The molecule has 7 heteroatoms. The fourth-order valence-corrected chi connectivity index (χ4v) is 4.30. The number of aromatic nitrogens is 3. The maximum absolute atomic E-state index is 12.5. The molecule has 1 amide bonds. The number of amides is 1. The summed E-state index contributed by atoms with van der Waals surface area (Å²) in [6.07, 6.45) is 5.63. The molecule has 1 aliphatic carbocycles. The van der Waals surface area contributed by atoms with Crippen molar-refractivity contribution in [2.45, 2.75) is 58.4 Å². The van der Waals surface area contributed by atoms with Gasteiger partial charge < -0.3 is 15.8 Å². The standard InChI is InChI=1S/C20H31N5O2/c1-12-15(13(2)22-19-18(12)20(27-4)24-25(19)3)9-10-17(26)23-16-8-6-5-7-14(16)11-21/h14,16H,5-11,21H2,1-4H3,(H,23,26). The Kier molecular flexibility index (Phi) is 5.99. The summed E-state index contributed by atoms with van der Waals surface area (Å²) in [7, 11) is 3.48. The largest absolute Gasteiger partial charge is 0.479 e. The highest BCUT2D eigenvalue weighted by atomic mass is 16.5. The third-order valence-corrected chi connectivity index (χ3v) is 5.88. The molecule has 3 rings (SSSR count). The zero-order chi connectivity index (χ0) is 19.6. The van der Waals surface area contributed by atoms with Crippen molar-refractivity contribution in [2.24, 2.45) is 18.7 Å². The van der Waals surface area contributed by atoms with Gasteiger partial charge in [-0.15, -0.1) is 5.10 Å². The first-order valence-corrected chi connectivity index (χ1v) is 9.82. The van der Waals surface area contributed by atoms with Gasteiger partial charge in [-0.1, -0.05) is 12.8 Å². The SMILES string of the molecule is COc1nn(C)c2nc(C)c(CCC(=O)NC3CCCCC3CN)c(C)c12. The Hall–Kier alpha value is -2.15. The minimum Gasteiger partial charge on any atom is -0.479 e. The van der Waals surface area contributed by atoms with Crippen LogP contribution in [0, 0.1) is 19.8 Å². The van der Waals surface area contributed by atoms with Gasteiger partial charge in [0.1, 0.15) is 0 Å². The number of carbonyl (C=O) groups excluding carboxylic acids is 1. The van der Waals surface area contributed by atoms with E-state index in [9.17, 15) is 4.79 Å². The van der Waals surface area contributed by atoms with E-state index in [1.54, 1.807) is 11.8 Å². The molecule has 0 bridgehead atoms. The molecule has 2 aromatic heterocycles. The topological polar surface area (TPSA) is 95.1 Å². The second-order valence-corrected chi connectivity index (χ2v) is 7.59. The molecule has 1 saturated carbocycles. The lowest BCUT2D eigenvalue weighted by atomic mass is 9.84. The second kappa shape index (κ2) is 8.25. The zero-order valence-corrected chi connectivity index (χ0v) is 16.8. The van der Waals surface area contributed by atoms with E-state index in [-0.39, 0.29) is 11.9 Å². The number of nitrogens with two attached hydrogens (primary N) is 1. The van der Waals surface area contributed by atoms with Crippen molar-refractivity contribution in [2.75, 3.05) is 13.7 Å². The Labute approximate surface area is 160 Å². The van der Waals surface area contributed by atoms with E-state index in [4.69, 9.17) is 15.5 Å². The number of aryl methyl sites for hydroxylation is 3. The quantitative estimate of drug-likeness (QED) is 0.809. The van der Waals surface area contributed by atoms with Crippen molar-refractivity contribution >= 4 is 16.9 Å². The average molecular weight is 374 g/mol. The predicted molar refractivity (Wildman–Crippen MR) is 106 cm³/mol. The number of pyridine rings is 1. The first-order valence-electron chi connectivity index (χ1n) is 9.82. The van der Waals surface area contributed by atoms with E-state index in [0.29, 0.717) is 31.2 Å². The monoisotopic (exact) mass is 373 g/mol. The number of hydrogen-bond donors (Lipinski definition) is 2. The minimum atomic E-state index is 0.0948. The van der Waals surface area contributed by atoms with Gasteiger partial charge in [0.25, 0.3) is 0 Å². The molecule has 2 aromatic rings. The third kappa shape index (κ3) is 3.93. The Morgan fingerprint density at radius 3 is 2.78 bits per heavy atom. The lowest BCUT2D eigenvalue weighted by molar-refractivity contribution is -0.122. The lowest BCUT2D eigenvalue weighted by Crippen LogP contribution is -2.44. The zero-order valence-electron chi connectivity index (χ0n) is 16.8. The smallest absolute Gasteiger partial charge is 0.242 e. The maximum atomic E-state index is 12.5. The summed E-state index contributed by atoms with van der Waals surface area (Å²) < 4.78 is 7.15. The molecule has 2 heterocycles. The highest BCUT2D eigenvalue weighted by molar-refractivity contribution is 5.86. The molecule has 0 radical (unpaired) electrons. The molecule has 1 fully saturated rings. The number of fused-ring (bicyclic) bond motifs is 1. The molecule has 148 valence electrons. The second-order valence-electron chi connectivity index (χ2n) is 7.59. The molecule has 0 aliphatic heterocycles. The summed E-state index contributed by atoms with van der Waals surface area (Å²) in [5.41, 5.74) is 9.82. The Morgan fingerprint density at radius 2 is 2.07 bits per heavy atom. The van der Waals surface area contributed by atoms with Gasteiger partial charge in [0.05, 0.1) is 12.5 Å². The van der Waals surface area contributed by atoms with Crippen molar-refractivity contribution < 1.29 is 9.53 Å². The summed E-state index contributed by atoms with van der Waals surface area (Å²) >= 11 is 0. The van der Waals surface area contributed by atoms with E-state index < -0.39 is 0 Å². The molecular weight excluding hydrogens is 342 g/mol. The number of rotatable bonds is 6. The average Bonchev–Trinajstić information content (AvgIpc) is 2.98. The molecule has 27 heavy (non-hydrogen) atoms. The van der Waals surface area contributed by atoms with Crippen molar-refractivity contribution in [1.29, 1.82) is 0 Å². The van der Waals surface area contributed by atoms with Crippen LogP contribution in [0.1, 0.15) is 48.9 Å². The van der Waals surface area contributed by atoms with E-state index in [2.05, 4.69) is 17.3 Å². The summed E-state index contributed by atoms with van der Waals surface area (Å²) in [6.45, 7) is 4.69. The van der Waals surface area contributed by atoms with Gasteiger partial charge in [-0.2, -0.15) is 0 Å². The van der Waals surface area contributed by atoms with Crippen LogP contribution in [0.3, 0.4) is 0 Å². The fraction of sp³-hybridized carbons (Fsp3) is 0.650. The molecule has 0 aromatic carbocycles. The van der Waals surface area contributed by atoms with Crippen molar-refractivity contribution in [1.82, 2.24) is 20.1 Å². The van der Waals surface area contributed by atoms with Crippen LogP contribution < -0.4 is 15.8 Å². The van der Waals surface area contributed by atoms with E-state index >= 15 is 0 Å². The highest BCUT2D eigenvalue weighted by Gasteiger charge is 2.25. The van der Waals surface area contributed by atoms with Crippen LogP contribution in [-0.2, 0) is 18.3 Å². The summed E-state index contributed by atoms with van der Waals surface area (Å²) in [6, 6.07) is 0.220. The van der Waals surface area contributed by atoms with Gasteiger partial charge in [0, 0.05) is 25.2 Å². The Bertz CT molecular complexity index is 830. The number of ether oxygens (including phenoxy) is 1. The van der Waals surface area contributed by atoms with Crippen LogP contribution in [0.5, 0.6) is 5.88 Å². The van der Waals surface area contributed by atoms with Crippen molar-refractivity contribution in [3.63, 3.8) is 0 Å². The third-order valence-electron chi connectivity index (χ3n) is 5.88. The number of nitrogens with one attached hydrogen (secondary N) is 1. The fourth-order valence-electron chi connectivity index (χ4n) is 4.30. The highest BCUT2D eigenvalue weighted by Crippen LogP contribution is 2.30. The molecular formula is C20H31N5O2. The van der Waals surface area contributed by atoms with Crippen LogP contribution in [-0.4, -0.2) is 40.4 Å². The molecule has 2 unspecified atom stereocenters. The maximum Gasteiger partial charge on any atom is 0.242 e. The normalized spacial score (nSPS) is 20.0. The minimum absolute atomic E-state index is 0.0948. The number of methoxy groups -OCH3 is 1. The van der Waals surface area contributed by atoms with Crippen LogP contribution in [0.15, 0.2) is 0 Å². The molecule has 1 aliphatic rings. The van der Waals surface area contributed by atoms with Crippen LogP contribution in [0.2, 0.25) is 0 Å². The first kappa shape index (κ1) is 19.6. The summed E-state index contributed by atoms with van der Waals surface area (Å²) in [5, 5.41) is 8.52. The molecule has 3 N–H and O–H groups in total. The van der Waals surface area contributed by atoms with E-state index in [0.717, 1.165) is 40.7 Å². The van der Waals surface area contributed by atoms with Gasteiger partial charge in [-0.25, -0.2) is 9.67 Å². The molecule has 0 spiro atoms. The molecule has 0 saturated heterocycles. The number of nitrogens with zero attached hydrogens (tertiary/aromatic N) is 3.